The van der Waals surface area contributed by atoms with Crippen LogP contribution in [-0.4, -0.2) is 25.6 Å². The van der Waals surface area contributed by atoms with Crippen LogP contribution in [0.25, 0.3) is 94.7 Å². The third-order valence-corrected chi connectivity index (χ3v) is 13.3. The average Bonchev–Trinajstić information content (AvgIpc) is 3.99. The van der Waals surface area contributed by atoms with Gasteiger partial charge in [-0.05, 0) is 102 Å². The van der Waals surface area contributed by atoms with Crippen molar-refractivity contribution in [2.24, 2.45) is 0 Å². The van der Waals surface area contributed by atoms with Crippen LogP contribution in [0, 0.1) is 0 Å². The number of nitrogens with zero attached hydrogens (tertiary/aromatic N) is 5. The van der Waals surface area contributed by atoms with Gasteiger partial charge in [-0.1, -0.05) is 133 Å². The van der Waals surface area contributed by atoms with Crippen molar-refractivity contribution in [3.05, 3.63) is 218 Å². The van der Waals surface area contributed by atoms with E-state index in [4.69, 9.17) is 19.4 Å². The van der Waals surface area contributed by atoms with Crippen LogP contribution < -0.4 is 4.90 Å². The number of para-hydroxylation sites is 2. The van der Waals surface area contributed by atoms with Crippen LogP contribution in [-0.2, 0) is 5.41 Å². The van der Waals surface area contributed by atoms with E-state index >= 15 is 0 Å². The highest BCUT2D eigenvalue weighted by Gasteiger charge is 2.46. The first-order valence-corrected chi connectivity index (χ1v) is 21.8. The molecule has 0 saturated carbocycles. The maximum atomic E-state index is 6.45. The monoisotopic (exact) mass is 821 g/mol. The van der Waals surface area contributed by atoms with Gasteiger partial charge in [-0.15, -0.1) is 0 Å². The van der Waals surface area contributed by atoms with Crippen molar-refractivity contribution in [1.29, 1.82) is 0 Å². The Hall–Kier alpha value is -8.35. The zero-order valence-electron chi connectivity index (χ0n) is 34.9. The molecule has 3 aromatic heterocycles. The predicted molar refractivity (Wildman–Crippen MR) is 261 cm³/mol. The lowest BCUT2D eigenvalue weighted by Gasteiger charge is -2.34. The summed E-state index contributed by atoms with van der Waals surface area (Å²) in [6.45, 7) is 2.38. The Labute approximate surface area is 369 Å². The van der Waals surface area contributed by atoms with Crippen LogP contribution in [0.1, 0.15) is 12.5 Å². The largest absolute Gasteiger partial charge is 0.456 e. The van der Waals surface area contributed by atoms with Gasteiger partial charge in [0.05, 0.1) is 17.1 Å². The number of fused-ring (bicyclic) bond motifs is 9. The third-order valence-electron chi connectivity index (χ3n) is 13.3. The normalized spacial score (nSPS) is 16.6. The molecule has 8 aromatic carbocycles. The van der Waals surface area contributed by atoms with Gasteiger partial charge < -0.3 is 13.9 Å². The second-order valence-electron chi connectivity index (χ2n) is 17.0. The van der Waals surface area contributed by atoms with E-state index in [0.717, 1.165) is 55.4 Å². The van der Waals surface area contributed by atoms with Crippen LogP contribution >= 0.6 is 0 Å². The van der Waals surface area contributed by atoms with Crippen LogP contribution in [0.15, 0.2) is 217 Å². The number of anilines is 2. The summed E-state index contributed by atoms with van der Waals surface area (Å²) >= 11 is 0. The quantitative estimate of drug-likeness (QED) is 0.167. The summed E-state index contributed by atoms with van der Waals surface area (Å²) in [4.78, 5) is 17.5. The van der Waals surface area contributed by atoms with E-state index in [1.165, 1.54) is 38.7 Å². The van der Waals surface area contributed by atoms with E-state index < -0.39 is 0 Å². The fraction of sp³-hybridized carbons (Fsp3) is 0.0517. The minimum absolute atomic E-state index is 0.113. The van der Waals surface area contributed by atoms with Gasteiger partial charge in [0.2, 0.25) is 0 Å². The number of aromatic nitrogens is 4. The molecule has 6 heteroatoms. The molecule has 6 nitrogen and oxygen atoms in total. The van der Waals surface area contributed by atoms with Crippen molar-refractivity contribution < 1.29 is 4.42 Å². The molecule has 1 aliphatic carbocycles. The van der Waals surface area contributed by atoms with Gasteiger partial charge in [0, 0.05) is 60.7 Å². The second kappa shape index (κ2) is 14.1. The highest BCUT2D eigenvalue weighted by Crippen LogP contribution is 2.53. The van der Waals surface area contributed by atoms with Crippen molar-refractivity contribution in [3.63, 3.8) is 0 Å². The molecule has 0 saturated heterocycles. The molecule has 0 spiro atoms. The summed E-state index contributed by atoms with van der Waals surface area (Å²) in [5, 5.41) is 4.55. The number of rotatable bonds is 6. The van der Waals surface area contributed by atoms with E-state index in [1.807, 2.05) is 72.8 Å². The minimum atomic E-state index is -0.240. The minimum Gasteiger partial charge on any atom is -0.456 e. The lowest BCUT2D eigenvalue weighted by Crippen LogP contribution is -2.39. The first-order chi connectivity index (χ1) is 31.6. The van der Waals surface area contributed by atoms with E-state index in [2.05, 4.69) is 156 Å². The molecule has 2 unspecified atom stereocenters. The van der Waals surface area contributed by atoms with Gasteiger partial charge in [-0.3, -0.25) is 0 Å². The topological polar surface area (TPSA) is 60.0 Å². The molecule has 0 radical (unpaired) electrons. The Morgan fingerprint density at radius 2 is 1.03 bits per heavy atom. The van der Waals surface area contributed by atoms with Gasteiger partial charge in [0.25, 0.3) is 0 Å². The van der Waals surface area contributed by atoms with Crippen molar-refractivity contribution in [3.8, 4) is 51.0 Å². The fourth-order valence-corrected chi connectivity index (χ4v) is 10.1. The lowest BCUT2D eigenvalue weighted by atomic mass is 9.75. The van der Waals surface area contributed by atoms with Crippen molar-refractivity contribution in [2.45, 2.75) is 18.4 Å². The van der Waals surface area contributed by atoms with E-state index in [0.29, 0.717) is 17.5 Å². The molecule has 11 aromatic rings. The smallest absolute Gasteiger partial charge is 0.164 e. The first-order valence-electron chi connectivity index (χ1n) is 21.8. The maximum absolute atomic E-state index is 6.45. The Kier molecular flexibility index (Phi) is 8.00. The van der Waals surface area contributed by atoms with E-state index in [1.54, 1.807) is 0 Å². The number of hydrogen-bond acceptors (Lipinski definition) is 5. The molecular formula is C58H39N5O. The van der Waals surface area contributed by atoms with Gasteiger partial charge in [0.15, 0.2) is 17.5 Å². The molecule has 0 bridgehead atoms. The number of hydrogen-bond donors (Lipinski definition) is 0. The molecular weight excluding hydrogens is 783 g/mol. The van der Waals surface area contributed by atoms with Crippen molar-refractivity contribution in [2.75, 3.05) is 4.90 Å². The van der Waals surface area contributed by atoms with E-state index in [-0.39, 0.29) is 11.5 Å². The standard InChI is InChI=1S/C58H39N5O/c1-58-32-14-13-23-54(58)63(43-27-29-50-45(36-43)44-21-11-12-22-49(44)62(50)42-19-9-4-10-20-42)51-28-24-40(35-48(51)58)39-25-30-52-46(33-39)47-34-41(26-31-53(47)64-52)57-60-55(37-15-5-2-6-16-37)59-56(61-57)38-17-7-3-8-18-38/h2-36,54H,1H3. The Morgan fingerprint density at radius 1 is 0.453 bits per heavy atom. The number of allylic oxidation sites excluding steroid dienone is 2. The number of benzene rings is 8. The summed E-state index contributed by atoms with van der Waals surface area (Å²) in [5.41, 5.74) is 13.8. The molecule has 0 N–H and O–H groups in total. The highest BCUT2D eigenvalue weighted by atomic mass is 16.3. The summed E-state index contributed by atoms with van der Waals surface area (Å²) in [6.07, 6.45) is 9.13. The molecule has 2 atom stereocenters. The zero-order chi connectivity index (χ0) is 42.4. The Morgan fingerprint density at radius 3 is 1.75 bits per heavy atom. The predicted octanol–water partition coefficient (Wildman–Crippen LogP) is 14.4. The van der Waals surface area contributed by atoms with Gasteiger partial charge in [0.1, 0.15) is 11.2 Å². The van der Waals surface area contributed by atoms with Crippen LogP contribution in [0.4, 0.5) is 11.4 Å². The summed E-state index contributed by atoms with van der Waals surface area (Å²) < 4.78 is 8.83. The first kappa shape index (κ1) is 36.3. The van der Waals surface area contributed by atoms with Crippen LogP contribution in [0.5, 0.6) is 0 Å². The van der Waals surface area contributed by atoms with Crippen molar-refractivity contribution >= 4 is 55.1 Å². The second-order valence-corrected chi connectivity index (χ2v) is 17.0. The Bertz CT molecular complexity index is 3640. The maximum Gasteiger partial charge on any atom is 0.164 e. The molecule has 302 valence electrons. The summed E-state index contributed by atoms with van der Waals surface area (Å²) in [7, 11) is 0. The van der Waals surface area contributed by atoms with Gasteiger partial charge in [-0.25, -0.2) is 15.0 Å². The van der Waals surface area contributed by atoms with E-state index in [9.17, 15) is 0 Å². The lowest BCUT2D eigenvalue weighted by molar-refractivity contribution is 0.551. The van der Waals surface area contributed by atoms with Crippen molar-refractivity contribution in [1.82, 2.24) is 19.5 Å². The average molecular weight is 822 g/mol. The molecule has 64 heavy (non-hydrogen) atoms. The highest BCUT2D eigenvalue weighted by molar-refractivity contribution is 6.11. The molecule has 2 aliphatic rings. The van der Waals surface area contributed by atoms with Gasteiger partial charge in [-0.2, -0.15) is 0 Å². The summed E-state index contributed by atoms with van der Waals surface area (Å²) in [5.74, 6) is 1.88. The fourth-order valence-electron chi connectivity index (χ4n) is 10.1. The molecule has 4 heterocycles. The molecule has 0 fully saturated rings. The van der Waals surface area contributed by atoms with Crippen LogP contribution in [0.3, 0.4) is 0 Å². The SMILES string of the molecule is CC12C=CC=CC1N(c1ccc3c(c1)c1ccccc1n3-c1ccccc1)c1ccc(-c3ccc4oc5ccc(-c6nc(-c7ccccc7)nc(-c7ccccc7)n6)cc5c4c3)cc12. The molecule has 13 rings (SSSR count). The zero-order valence-corrected chi connectivity index (χ0v) is 34.9. The van der Waals surface area contributed by atoms with Gasteiger partial charge >= 0.3 is 0 Å². The summed E-state index contributed by atoms with van der Waals surface area (Å²) in [6, 6.07) is 66.4. The third kappa shape index (κ3) is 5.62. The molecule has 1 aliphatic heterocycles. The Balaban J connectivity index is 0.911. The number of furan rings is 1. The van der Waals surface area contributed by atoms with Crippen LogP contribution in [0.2, 0.25) is 0 Å². The molecule has 0 amide bonds.